The molecule has 1 aromatic heterocycles. The highest BCUT2D eigenvalue weighted by Gasteiger charge is 2.24. The first-order valence-electron chi connectivity index (χ1n) is 10.0. The first-order valence-corrected chi connectivity index (χ1v) is 10.4. The molecule has 1 aliphatic rings. The third kappa shape index (κ3) is 5.16. The molecule has 3 aromatic rings. The van der Waals surface area contributed by atoms with Gasteiger partial charge in [-0.15, -0.1) is 0 Å². The number of hydrogen-bond donors (Lipinski definition) is 1. The molecule has 2 amide bonds. The highest BCUT2D eigenvalue weighted by molar-refractivity contribution is 6.33. The molecule has 0 saturated carbocycles. The van der Waals surface area contributed by atoms with Gasteiger partial charge in [-0.05, 0) is 42.0 Å². The minimum atomic E-state index is -0.224. The van der Waals surface area contributed by atoms with Gasteiger partial charge in [-0.25, -0.2) is 0 Å². The minimum Gasteiger partial charge on any atom is -0.459 e. The Morgan fingerprint density at radius 3 is 2.42 bits per heavy atom. The van der Waals surface area contributed by atoms with Crippen molar-refractivity contribution in [2.24, 2.45) is 0 Å². The second-order valence-electron chi connectivity index (χ2n) is 7.16. The fourth-order valence-electron chi connectivity index (χ4n) is 3.47. The van der Waals surface area contributed by atoms with E-state index >= 15 is 0 Å². The molecule has 0 atom stereocenters. The van der Waals surface area contributed by atoms with Crippen LogP contribution in [0.5, 0.6) is 0 Å². The molecule has 1 aliphatic heterocycles. The van der Waals surface area contributed by atoms with Crippen LogP contribution in [0.25, 0.3) is 6.08 Å². The van der Waals surface area contributed by atoms with E-state index in [-0.39, 0.29) is 11.8 Å². The van der Waals surface area contributed by atoms with Crippen LogP contribution in [0.4, 0.5) is 11.4 Å². The number of rotatable bonds is 5. The van der Waals surface area contributed by atoms with Gasteiger partial charge < -0.3 is 19.5 Å². The lowest BCUT2D eigenvalue weighted by Gasteiger charge is -2.36. The van der Waals surface area contributed by atoms with Crippen LogP contribution in [-0.4, -0.2) is 42.9 Å². The van der Waals surface area contributed by atoms with Crippen molar-refractivity contribution in [1.82, 2.24) is 4.90 Å². The minimum absolute atomic E-state index is 0.0997. The number of halogens is 1. The van der Waals surface area contributed by atoms with E-state index in [9.17, 15) is 9.59 Å². The summed E-state index contributed by atoms with van der Waals surface area (Å²) in [6.45, 7) is 2.49. The number of hydrogen-bond acceptors (Lipinski definition) is 4. The molecular weight excluding hydrogens is 414 g/mol. The molecule has 1 fully saturated rings. The molecule has 6 nitrogen and oxygen atoms in total. The summed E-state index contributed by atoms with van der Waals surface area (Å²) < 4.78 is 5.20. The number of nitrogens with zero attached hydrogens (tertiary/aromatic N) is 2. The summed E-state index contributed by atoms with van der Waals surface area (Å²) in [6.07, 6.45) is 4.75. The summed E-state index contributed by atoms with van der Waals surface area (Å²) in [7, 11) is 0. The maximum absolute atomic E-state index is 12.4. The Hall–Kier alpha value is -3.51. The van der Waals surface area contributed by atoms with Crippen molar-refractivity contribution in [3.63, 3.8) is 0 Å². The highest BCUT2D eigenvalue weighted by atomic mass is 35.5. The van der Waals surface area contributed by atoms with Crippen molar-refractivity contribution >= 4 is 40.9 Å². The van der Waals surface area contributed by atoms with Crippen molar-refractivity contribution in [2.45, 2.75) is 0 Å². The summed E-state index contributed by atoms with van der Waals surface area (Å²) in [4.78, 5) is 28.5. The maximum Gasteiger partial charge on any atom is 0.289 e. The Morgan fingerprint density at radius 2 is 1.74 bits per heavy atom. The van der Waals surface area contributed by atoms with E-state index < -0.39 is 0 Å². The summed E-state index contributed by atoms with van der Waals surface area (Å²) in [6, 6.07) is 18.5. The van der Waals surface area contributed by atoms with Crippen molar-refractivity contribution in [3.05, 3.63) is 89.3 Å². The number of benzene rings is 2. The number of amides is 2. The molecule has 31 heavy (non-hydrogen) atoms. The molecule has 158 valence electrons. The van der Waals surface area contributed by atoms with Crippen molar-refractivity contribution in [3.8, 4) is 0 Å². The van der Waals surface area contributed by atoms with Crippen LogP contribution in [0.2, 0.25) is 5.02 Å². The zero-order chi connectivity index (χ0) is 21.6. The third-order valence-corrected chi connectivity index (χ3v) is 5.38. The summed E-state index contributed by atoms with van der Waals surface area (Å²) in [5.41, 5.74) is 2.46. The average molecular weight is 436 g/mol. The zero-order valence-electron chi connectivity index (χ0n) is 16.8. The fraction of sp³-hybridized carbons (Fsp3) is 0.167. The number of carbonyl (C=O) groups excluding carboxylic acids is 2. The molecule has 0 bridgehead atoms. The molecule has 7 heteroatoms. The smallest absolute Gasteiger partial charge is 0.289 e. The van der Waals surface area contributed by atoms with E-state index in [1.165, 1.54) is 12.3 Å². The largest absolute Gasteiger partial charge is 0.459 e. The summed E-state index contributed by atoms with van der Waals surface area (Å²) in [5.74, 6) is 0.0305. The summed E-state index contributed by atoms with van der Waals surface area (Å²) >= 11 is 6.49. The molecule has 0 aliphatic carbocycles. The van der Waals surface area contributed by atoms with Crippen LogP contribution in [0.15, 0.2) is 77.4 Å². The van der Waals surface area contributed by atoms with E-state index in [0.717, 1.165) is 11.3 Å². The molecule has 2 heterocycles. The Labute approximate surface area is 185 Å². The Balaban J connectivity index is 1.34. The normalized spacial score (nSPS) is 14.1. The van der Waals surface area contributed by atoms with Crippen LogP contribution < -0.4 is 10.2 Å². The van der Waals surface area contributed by atoms with Crippen molar-refractivity contribution in [1.29, 1.82) is 0 Å². The van der Waals surface area contributed by atoms with E-state index in [1.54, 1.807) is 29.2 Å². The number of piperazine rings is 1. The Kier molecular flexibility index (Phi) is 6.38. The quantitative estimate of drug-likeness (QED) is 0.597. The van der Waals surface area contributed by atoms with Gasteiger partial charge in [0.1, 0.15) is 0 Å². The molecule has 0 spiro atoms. The number of carbonyl (C=O) groups is 2. The van der Waals surface area contributed by atoms with Crippen LogP contribution in [-0.2, 0) is 4.79 Å². The lowest BCUT2D eigenvalue weighted by molar-refractivity contribution is -0.111. The fourth-order valence-corrected chi connectivity index (χ4v) is 3.77. The second-order valence-corrected chi connectivity index (χ2v) is 7.56. The number of furan rings is 1. The SMILES string of the molecule is O=C(C=Cc1ccccc1)Nc1ccc(N2CCN(C(=O)c3ccco3)CC2)c(Cl)c1. The van der Waals surface area contributed by atoms with Gasteiger partial charge in [-0.1, -0.05) is 41.9 Å². The number of anilines is 2. The van der Waals surface area contributed by atoms with Gasteiger partial charge in [0.25, 0.3) is 5.91 Å². The van der Waals surface area contributed by atoms with E-state index in [4.69, 9.17) is 16.0 Å². The van der Waals surface area contributed by atoms with E-state index in [1.807, 2.05) is 42.5 Å². The molecule has 4 rings (SSSR count). The van der Waals surface area contributed by atoms with Gasteiger partial charge in [0.2, 0.25) is 5.91 Å². The van der Waals surface area contributed by atoms with E-state index in [0.29, 0.717) is 42.6 Å². The van der Waals surface area contributed by atoms with Gasteiger partial charge in [-0.3, -0.25) is 9.59 Å². The monoisotopic (exact) mass is 435 g/mol. The molecular formula is C24H22ClN3O3. The maximum atomic E-state index is 12.4. The average Bonchev–Trinajstić information content (AvgIpc) is 3.33. The Morgan fingerprint density at radius 1 is 0.968 bits per heavy atom. The van der Waals surface area contributed by atoms with Gasteiger partial charge in [-0.2, -0.15) is 0 Å². The van der Waals surface area contributed by atoms with Crippen LogP contribution in [0.1, 0.15) is 16.1 Å². The van der Waals surface area contributed by atoms with Crippen molar-refractivity contribution < 1.29 is 14.0 Å². The molecule has 1 N–H and O–H groups in total. The van der Waals surface area contributed by atoms with Crippen molar-refractivity contribution in [2.75, 3.05) is 36.4 Å². The van der Waals surface area contributed by atoms with Crippen LogP contribution in [0, 0.1) is 0 Å². The highest BCUT2D eigenvalue weighted by Crippen LogP contribution is 2.30. The van der Waals surface area contributed by atoms with Gasteiger partial charge in [0, 0.05) is 37.9 Å². The van der Waals surface area contributed by atoms with Gasteiger partial charge in [0.15, 0.2) is 5.76 Å². The predicted octanol–water partition coefficient (Wildman–Crippen LogP) is 4.55. The molecule has 0 radical (unpaired) electrons. The van der Waals surface area contributed by atoms with Crippen LogP contribution in [0.3, 0.4) is 0 Å². The molecule has 2 aromatic carbocycles. The topological polar surface area (TPSA) is 65.8 Å². The Bertz CT molecular complexity index is 1070. The number of nitrogens with one attached hydrogen (secondary N) is 1. The first-order chi connectivity index (χ1) is 15.1. The van der Waals surface area contributed by atoms with E-state index in [2.05, 4.69) is 10.2 Å². The van der Waals surface area contributed by atoms with Gasteiger partial charge in [0.05, 0.1) is 17.0 Å². The lowest BCUT2D eigenvalue weighted by Crippen LogP contribution is -2.48. The van der Waals surface area contributed by atoms with Crippen LogP contribution >= 0.6 is 11.6 Å². The summed E-state index contributed by atoms with van der Waals surface area (Å²) in [5, 5.41) is 3.38. The molecule has 0 unspecified atom stereocenters. The zero-order valence-corrected chi connectivity index (χ0v) is 17.6. The predicted molar refractivity (Wildman–Crippen MR) is 122 cm³/mol. The standard InChI is InChI=1S/C24H22ClN3O3/c25-20-17-19(26-23(29)11-8-18-5-2-1-3-6-18)9-10-21(20)27-12-14-28(15-13-27)24(30)22-7-4-16-31-22/h1-11,16-17H,12-15H2,(H,26,29). The first kappa shape index (κ1) is 20.8. The second kappa shape index (κ2) is 9.53. The third-order valence-electron chi connectivity index (χ3n) is 5.08. The van der Waals surface area contributed by atoms with Gasteiger partial charge >= 0.3 is 0 Å². The lowest BCUT2D eigenvalue weighted by atomic mass is 10.2. The molecule has 1 saturated heterocycles.